The van der Waals surface area contributed by atoms with Crippen molar-refractivity contribution in [2.24, 2.45) is 0 Å². The molecule has 1 atom stereocenters. The molecule has 2 aromatic rings. The van der Waals surface area contributed by atoms with E-state index in [1.165, 1.54) is 18.2 Å². The molecule has 0 unspecified atom stereocenters. The van der Waals surface area contributed by atoms with Crippen LogP contribution in [0, 0.1) is 12.7 Å². The van der Waals surface area contributed by atoms with Crippen molar-refractivity contribution in [2.75, 3.05) is 17.1 Å². The van der Waals surface area contributed by atoms with Crippen molar-refractivity contribution in [3.8, 4) is 0 Å². The molecule has 1 aliphatic rings. The molecule has 2 aromatic carbocycles. The van der Waals surface area contributed by atoms with Crippen molar-refractivity contribution >= 4 is 27.5 Å². The number of para-hydroxylation sites is 1. The van der Waals surface area contributed by atoms with Crippen molar-refractivity contribution < 1.29 is 22.4 Å². The number of carbonyl (C=O) groups excluding carboxylic acids is 2. The van der Waals surface area contributed by atoms with E-state index < -0.39 is 21.9 Å². The number of nitrogens with one attached hydrogen (secondary N) is 1. The molecule has 0 aromatic heterocycles. The molecule has 0 spiro atoms. The van der Waals surface area contributed by atoms with Crippen LogP contribution in [-0.4, -0.2) is 50.0 Å². The van der Waals surface area contributed by atoms with E-state index in [9.17, 15) is 22.4 Å². The third kappa shape index (κ3) is 8.02. The van der Waals surface area contributed by atoms with Crippen LogP contribution in [0.25, 0.3) is 0 Å². The zero-order chi connectivity index (χ0) is 27.0. The molecular formula is C28H38FN3O4S. The summed E-state index contributed by atoms with van der Waals surface area (Å²) in [6.45, 7) is 4.10. The fourth-order valence-corrected chi connectivity index (χ4v) is 5.78. The molecule has 0 bridgehead atoms. The Morgan fingerprint density at radius 3 is 2.32 bits per heavy atom. The maximum Gasteiger partial charge on any atom is 0.243 e. The summed E-state index contributed by atoms with van der Waals surface area (Å²) in [7, 11) is -3.75. The van der Waals surface area contributed by atoms with Gasteiger partial charge in [-0.05, 0) is 50.3 Å². The lowest BCUT2D eigenvalue weighted by molar-refractivity contribution is -0.141. The summed E-state index contributed by atoms with van der Waals surface area (Å²) < 4.78 is 40.1. The number of carbonyl (C=O) groups is 2. The third-order valence-electron chi connectivity index (χ3n) is 6.83. The van der Waals surface area contributed by atoms with Gasteiger partial charge in [-0.25, -0.2) is 12.8 Å². The number of amides is 2. The Labute approximate surface area is 220 Å². The van der Waals surface area contributed by atoms with Crippen LogP contribution >= 0.6 is 0 Å². The first-order valence-corrected chi connectivity index (χ1v) is 14.8. The van der Waals surface area contributed by atoms with Crippen molar-refractivity contribution in [1.82, 2.24) is 10.2 Å². The third-order valence-corrected chi connectivity index (χ3v) is 8.01. The van der Waals surface area contributed by atoms with Gasteiger partial charge in [0.1, 0.15) is 11.9 Å². The van der Waals surface area contributed by atoms with E-state index in [4.69, 9.17) is 0 Å². The van der Waals surface area contributed by atoms with Gasteiger partial charge in [0.05, 0.1) is 11.9 Å². The number of nitrogens with zero attached hydrogens (tertiary/aromatic N) is 2. The van der Waals surface area contributed by atoms with E-state index in [-0.39, 0.29) is 49.5 Å². The molecule has 0 heterocycles. The second-order valence-electron chi connectivity index (χ2n) is 9.81. The zero-order valence-corrected chi connectivity index (χ0v) is 22.8. The Balaban J connectivity index is 1.76. The number of benzene rings is 2. The summed E-state index contributed by atoms with van der Waals surface area (Å²) in [5.41, 5.74) is 1.97. The zero-order valence-electron chi connectivity index (χ0n) is 22.0. The summed E-state index contributed by atoms with van der Waals surface area (Å²) in [6.07, 6.45) is 5.77. The van der Waals surface area contributed by atoms with Crippen LogP contribution < -0.4 is 9.62 Å². The van der Waals surface area contributed by atoms with Crippen LogP contribution in [0.2, 0.25) is 0 Å². The Morgan fingerprint density at radius 1 is 1.08 bits per heavy atom. The van der Waals surface area contributed by atoms with Crippen LogP contribution in [-0.2, 0) is 26.2 Å². The second-order valence-corrected chi connectivity index (χ2v) is 11.7. The van der Waals surface area contributed by atoms with Gasteiger partial charge >= 0.3 is 0 Å². The highest BCUT2D eigenvalue weighted by atomic mass is 32.2. The number of halogens is 1. The summed E-state index contributed by atoms with van der Waals surface area (Å²) >= 11 is 0. The number of aryl methyl sites for hydroxylation is 1. The van der Waals surface area contributed by atoms with Gasteiger partial charge in [-0.2, -0.15) is 0 Å². The van der Waals surface area contributed by atoms with Gasteiger partial charge < -0.3 is 10.2 Å². The fourth-order valence-electron chi connectivity index (χ4n) is 4.81. The van der Waals surface area contributed by atoms with Crippen molar-refractivity contribution in [2.45, 2.75) is 77.4 Å². The lowest BCUT2D eigenvalue weighted by Crippen LogP contribution is -2.51. The SMILES string of the molecule is CC[C@@H](C(=O)NC1CCCC1)N(Cc1ccc(C)cc1)C(=O)CCCN(c1ccccc1F)S(C)(=O)=O. The van der Waals surface area contributed by atoms with E-state index >= 15 is 0 Å². The van der Waals surface area contributed by atoms with Crippen LogP contribution in [0.3, 0.4) is 0 Å². The molecule has 1 aliphatic carbocycles. The normalized spacial score (nSPS) is 14.8. The average molecular weight is 532 g/mol. The number of rotatable bonds is 12. The van der Waals surface area contributed by atoms with E-state index in [0.29, 0.717) is 6.42 Å². The second kappa shape index (κ2) is 13.0. The predicted molar refractivity (Wildman–Crippen MR) is 144 cm³/mol. The first kappa shape index (κ1) is 28.6. The molecule has 2 amide bonds. The van der Waals surface area contributed by atoms with Gasteiger partial charge in [-0.1, -0.05) is 61.7 Å². The summed E-state index contributed by atoms with van der Waals surface area (Å²) in [6, 6.07) is 13.0. The molecule has 1 N–H and O–H groups in total. The topological polar surface area (TPSA) is 86.8 Å². The average Bonchev–Trinajstić information content (AvgIpc) is 3.36. The quantitative estimate of drug-likeness (QED) is 0.436. The van der Waals surface area contributed by atoms with E-state index in [1.807, 2.05) is 38.1 Å². The van der Waals surface area contributed by atoms with Gasteiger partial charge in [0.2, 0.25) is 21.8 Å². The summed E-state index contributed by atoms with van der Waals surface area (Å²) in [4.78, 5) is 28.3. The number of hydrogen-bond acceptors (Lipinski definition) is 4. The Bertz CT molecular complexity index is 1160. The highest BCUT2D eigenvalue weighted by molar-refractivity contribution is 7.92. The van der Waals surface area contributed by atoms with Crippen molar-refractivity contribution in [1.29, 1.82) is 0 Å². The highest BCUT2D eigenvalue weighted by Gasteiger charge is 2.31. The monoisotopic (exact) mass is 531 g/mol. The van der Waals surface area contributed by atoms with Crippen LogP contribution in [0.4, 0.5) is 10.1 Å². The molecule has 0 aliphatic heterocycles. The van der Waals surface area contributed by atoms with Crippen LogP contribution in [0.5, 0.6) is 0 Å². The molecule has 9 heteroatoms. The van der Waals surface area contributed by atoms with Gasteiger partial charge in [0.25, 0.3) is 0 Å². The van der Waals surface area contributed by atoms with Gasteiger partial charge in [0.15, 0.2) is 0 Å². The molecule has 37 heavy (non-hydrogen) atoms. The number of hydrogen-bond donors (Lipinski definition) is 1. The van der Waals surface area contributed by atoms with E-state index in [0.717, 1.165) is 47.4 Å². The van der Waals surface area contributed by atoms with E-state index in [1.54, 1.807) is 11.0 Å². The van der Waals surface area contributed by atoms with Crippen LogP contribution in [0.15, 0.2) is 48.5 Å². The Kier molecular flexibility index (Phi) is 10.1. The standard InChI is InChI=1S/C28H38FN3O4S/c1-4-25(28(34)30-23-10-5-6-11-23)31(20-22-17-15-21(2)16-18-22)27(33)14-9-19-32(37(3,35)36)26-13-8-7-12-24(26)29/h7-8,12-13,15-18,23,25H,4-6,9-11,14,19-20H2,1-3H3,(H,30,34)/t25-/m0/s1. The minimum absolute atomic E-state index is 0.0273. The van der Waals surface area contributed by atoms with Gasteiger partial charge in [-0.15, -0.1) is 0 Å². The molecule has 7 nitrogen and oxygen atoms in total. The van der Waals surface area contributed by atoms with Gasteiger partial charge in [-0.3, -0.25) is 13.9 Å². The summed E-state index contributed by atoms with van der Waals surface area (Å²) in [5, 5.41) is 3.12. The molecule has 0 radical (unpaired) electrons. The number of sulfonamides is 1. The maximum atomic E-state index is 14.3. The molecule has 0 saturated heterocycles. The molecule has 1 fully saturated rings. The Hall–Kier alpha value is -2.94. The lowest BCUT2D eigenvalue weighted by atomic mass is 10.1. The summed E-state index contributed by atoms with van der Waals surface area (Å²) in [5.74, 6) is -1.04. The molecule has 3 rings (SSSR count). The van der Waals surface area contributed by atoms with Crippen molar-refractivity contribution in [3.05, 3.63) is 65.5 Å². The number of anilines is 1. The highest BCUT2D eigenvalue weighted by Crippen LogP contribution is 2.23. The molecule has 1 saturated carbocycles. The van der Waals surface area contributed by atoms with Gasteiger partial charge in [0, 0.05) is 25.6 Å². The smallest absolute Gasteiger partial charge is 0.243 e. The first-order valence-electron chi connectivity index (χ1n) is 13.0. The van der Waals surface area contributed by atoms with E-state index in [2.05, 4.69) is 5.32 Å². The molecular weight excluding hydrogens is 493 g/mol. The molecule has 202 valence electrons. The lowest BCUT2D eigenvalue weighted by Gasteiger charge is -2.32. The fraction of sp³-hybridized carbons (Fsp3) is 0.500. The Morgan fingerprint density at radius 2 is 1.73 bits per heavy atom. The predicted octanol–water partition coefficient (Wildman–Crippen LogP) is 4.55. The minimum Gasteiger partial charge on any atom is -0.352 e. The van der Waals surface area contributed by atoms with Crippen LogP contribution in [0.1, 0.15) is 63.0 Å². The maximum absolute atomic E-state index is 14.3. The minimum atomic E-state index is -3.75. The van der Waals surface area contributed by atoms with Crippen molar-refractivity contribution in [3.63, 3.8) is 0 Å². The largest absolute Gasteiger partial charge is 0.352 e. The first-order chi connectivity index (χ1) is 17.6.